The van der Waals surface area contributed by atoms with Crippen molar-refractivity contribution in [2.75, 3.05) is 27.8 Å². The van der Waals surface area contributed by atoms with Gasteiger partial charge in [0.1, 0.15) is 0 Å². The van der Waals surface area contributed by atoms with Gasteiger partial charge in [-0.05, 0) is 35.6 Å². The number of methoxy groups -OCH3 is 1. The van der Waals surface area contributed by atoms with Crippen molar-refractivity contribution in [2.45, 2.75) is 19.3 Å². The molecule has 0 saturated heterocycles. The second kappa shape index (κ2) is 7.60. The fourth-order valence-corrected chi connectivity index (χ4v) is 3.21. The number of fused-ring (bicyclic) bond motifs is 1. The Morgan fingerprint density at radius 2 is 1.88 bits per heavy atom. The summed E-state index contributed by atoms with van der Waals surface area (Å²) in [6.07, 6.45) is 2.42. The molecule has 0 spiro atoms. The topological polar surface area (TPSA) is 38.8 Å². The van der Waals surface area contributed by atoms with Crippen molar-refractivity contribution in [1.82, 2.24) is 4.90 Å². The highest BCUT2D eigenvalue weighted by Crippen LogP contribution is 2.36. The number of hydrogen-bond acceptors (Lipinski definition) is 3. The number of rotatable bonds is 5. The minimum absolute atomic E-state index is 0.124. The molecule has 1 amide bonds. The third-order valence-corrected chi connectivity index (χ3v) is 4.65. The molecule has 3 rings (SSSR count). The van der Waals surface area contributed by atoms with Gasteiger partial charge >= 0.3 is 0 Å². The van der Waals surface area contributed by atoms with Crippen LogP contribution in [-0.4, -0.2) is 38.6 Å². The van der Waals surface area contributed by atoms with Crippen molar-refractivity contribution in [1.29, 1.82) is 0 Å². The molecule has 1 heterocycles. The van der Waals surface area contributed by atoms with E-state index in [2.05, 4.69) is 30.3 Å². The monoisotopic (exact) mass is 339 g/mol. The van der Waals surface area contributed by atoms with Crippen LogP contribution in [0, 0.1) is 5.92 Å². The minimum Gasteiger partial charge on any atom is -0.493 e. The molecule has 4 nitrogen and oxygen atoms in total. The summed E-state index contributed by atoms with van der Waals surface area (Å²) in [6, 6.07) is 14.4. The summed E-state index contributed by atoms with van der Waals surface area (Å²) in [5.74, 6) is 2.28. The van der Waals surface area contributed by atoms with Crippen LogP contribution in [0.3, 0.4) is 0 Å². The van der Waals surface area contributed by atoms with Gasteiger partial charge < -0.3 is 14.4 Å². The van der Waals surface area contributed by atoms with Crippen LogP contribution in [0.4, 0.5) is 0 Å². The molecule has 0 aliphatic carbocycles. The summed E-state index contributed by atoms with van der Waals surface area (Å²) in [5.41, 5.74) is 3.54. The fraction of sp³-hybridized carbons (Fsp3) is 0.381. The largest absolute Gasteiger partial charge is 0.493 e. The maximum atomic E-state index is 11.8. The van der Waals surface area contributed by atoms with Crippen LogP contribution in [0.25, 0.3) is 0 Å². The molecular weight excluding hydrogens is 314 g/mol. The maximum Gasteiger partial charge on any atom is 0.226 e. The smallest absolute Gasteiger partial charge is 0.226 e. The molecule has 4 heteroatoms. The van der Waals surface area contributed by atoms with E-state index in [1.807, 2.05) is 12.1 Å². The molecule has 0 unspecified atom stereocenters. The van der Waals surface area contributed by atoms with Crippen molar-refractivity contribution in [3.05, 3.63) is 59.2 Å². The number of amides is 1. The van der Waals surface area contributed by atoms with Gasteiger partial charge in [-0.3, -0.25) is 4.79 Å². The first kappa shape index (κ1) is 17.3. The number of ether oxygens (including phenoxy) is 2. The molecular formula is C21H25NO3. The summed E-state index contributed by atoms with van der Waals surface area (Å²) in [6.45, 7) is 0.703. The predicted molar refractivity (Wildman–Crippen MR) is 98.2 cm³/mol. The van der Waals surface area contributed by atoms with Crippen LogP contribution in [0.15, 0.2) is 42.5 Å². The summed E-state index contributed by atoms with van der Waals surface area (Å²) in [4.78, 5) is 13.4. The van der Waals surface area contributed by atoms with E-state index in [9.17, 15) is 4.79 Å². The zero-order chi connectivity index (χ0) is 17.8. The Morgan fingerprint density at radius 3 is 2.56 bits per heavy atom. The highest BCUT2D eigenvalue weighted by Gasteiger charge is 2.22. The van der Waals surface area contributed by atoms with E-state index in [4.69, 9.17) is 9.47 Å². The molecule has 2 aromatic carbocycles. The van der Waals surface area contributed by atoms with Gasteiger partial charge in [0.05, 0.1) is 20.1 Å². The molecule has 0 fully saturated rings. The molecule has 0 bridgehead atoms. The van der Waals surface area contributed by atoms with Crippen LogP contribution < -0.4 is 9.47 Å². The highest BCUT2D eigenvalue weighted by atomic mass is 16.5. The van der Waals surface area contributed by atoms with Crippen molar-refractivity contribution >= 4 is 5.91 Å². The van der Waals surface area contributed by atoms with E-state index in [-0.39, 0.29) is 5.91 Å². The lowest BCUT2D eigenvalue weighted by atomic mass is 9.90. The van der Waals surface area contributed by atoms with Gasteiger partial charge in [0.2, 0.25) is 5.91 Å². The van der Waals surface area contributed by atoms with Gasteiger partial charge in [-0.2, -0.15) is 0 Å². The lowest BCUT2D eigenvalue weighted by Crippen LogP contribution is -2.24. The molecule has 0 radical (unpaired) electrons. The number of para-hydroxylation sites is 1. The van der Waals surface area contributed by atoms with Gasteiger partial charge in [0.25, 0.3) is 0 Å². The van der Waals surface area contributed by atoms with Gasteiger partial charge in [-0.25, -0.2) is 0 Å². The SMILES string of the molecule is COc1cccc2c1OC[C@H](Cc1ccc(CC(=O)N(C)C)cc1)C2. The van der Waals surface area contributed by atoms with Crippen molar-refractivity contribution in [3.63, 3.8) is 0 Å². The van der Waals surface area contributed by atoms with E-state index in [0.29, 0.717) is 18.9 Å². The molecule has 25 heavy (non-hydrogen) atoms. The second-order valence-corrected chi connectivity index (χ2v) is 6.82. The van der Waals surface area contributed by atoms with Crippen LogP contribution in [0.5, 0.6) is 11.5 Å². The molecule has 0 aromatic heterocycles. The molecule has 0 N–H and O–H groups in total. The second-order valence-electron chi connectivity index (χ2n) is 6.82. The predicted octanol–water partition coefficient (Wildman–Crippen LogP) is 3.12. The van der Waals surface area contributed by atoms with Crippen LogP contribution in [0.1, 0.15) is 16.7 Å². The first-order chi connectivity index (χ1) is 12.1. The number of nitrogens with zero attached hydrogens (tertiary/aromatic N) is 1. The quantitative estimate of drug-likeness (QED) is 0.840. The third kappa shape index (κ3) is 4.13. The maximum absolute atomic E-state index is 11.8. The molecule has 2 aromatic rings. The van der Waals surface area contributed by atoms with Crippen molar-refractivity contribution < 1.29 is 14.3 Å². The fourth-order valence-electron chi connectivity index (χ4n) is 3.21. The molecule has 132 valence electrons. The number of carbonyl (C=O) groups excluding carboxylic acids is 1. The third-order valence-electron chi connectivity index (χ3n) is 4.65. The molecule has 0 saturated carbocycles. The number of likely N-dealkylation sites (N-methyl/N-ethyl adjacent to an activating group) is 1. The van der Waals surface area contributed by atoms with Crippen LogP contribution in [-0.2, 0) is 24.1 Å². The van der Waals surface area contributed by atoms with Crippen molar-refractivity contribution in [2.24, 2.45) is 5.92 Å². The van der Waals surface area contributed by atoms with Gasteiger partial charge in [-0.1, -0.05) is 36.4 Å². The van der Waals surface area contributed by atoms with E-state index in [0.717, 1.165) is 29.9 Å². The highest BCUT2D eigenvalue weighted by molar-refractivity contribution is 5.78. The summed E-state index contributed by atoms with van der Waals surface area (Å²) in [5, 5.41) is 0. The molecule has 1 aliphatic heterocycles. The average Bonchev–Trinajstić information content (AvgIpc) is 2.62. The van der Waals surface area contributed by atoms with E-state index in [1.165, 1.54) is 11.1 Å². The Kier molecular flexibility index (Phi) is 5.27. The molecule has 1 atom stereocenters. The minimum atomic E-state index is 0.124. The Morgan fingerprint density at radius 1 is 1.16 bits per heavy atom. The Labute approximate surface area is 149 Å². The Balaban J connectivity index is 1.62. The first-order valence-corrected chi connectivity index (χ1v) is 8.63. The number of benzene rings is 2. The first-order valence-electron chi connectivity index (χ1n) is 8.63. The van der Waals surface area contributed by atoms with E-state index < -0.39 is 0 Å². The molecule has 1 aliphatic rings. The Hall–Kier alpha value is -2.49. The standard InChI is InChI=1S/C21H25NO3/c1-22(2)20(23)13-16-9-7-15(8-10-16)11-17-12-18-5-4-6-19(24-3)21(18)25-14-17/h4-10,17H,11-14H2,1-3H3/t17-/m1/s1. The lowest BCUT2D eigenvalue weighted by molar-refractivity contribution is -0.127. The van der Waals surface area contributed by atoms with Crippen molar-refractivity contribution in [3.8, 4) is 11.5 Å². The Bertz CT molecular complexity index is 737. The van der Waals surface area contributed by atoms with Gasteiger partial charge in [0, 0.05) is 20.0 Å². The van der Waals surface area contributed by atoms with E-state index >= 15 is 0 Å². The summed E-state index contributed by atoms with van der Waals surface area (Å²) >= 11 is 0. The number of hydrogen-bond donors (Lipinski definition) is 0. The van der Waals surface area contributed by atoms with Crippen LogP contribution in [0.2, 0.25) is 0 Å². The summed E-state index contributed by atoms with van der Waals surface area (Å²) < 4.78 is 11.3. The average molecular weight is 339 g/mol. The summed E-state index contributed by atoms with van der Waals surface area (Å²) in [7, 11) is 5.24. The zero-order valence-electron chi connectivity index (χ0n) is 15.1. The van der Waals surface area contributed by atoms with Gasteiger partial charge in [0.15, 0.2) is 11.5 Å². The normalized spacial score (nSPS) is 15.9. The van der Waals surface area contributed by atoms with E-state index in [1.54, 1.807) is 26.1 Å². The number of carbonyl (C=O) groups is 1. The van der Waals surface area contributed by atoms with Crippen LogP contribution >= 0.6 is 0 Å². The lowest BCUT2D eigenvalue weighted by Gasteiger charge is -2.26. The van der Waals surface area contributed by atoms with Gasteiger partial charge in [-0.15, -0.1) is 0 Å². The zero-order valence-corrected chi connectivity index (χ0v) is 15.1.